The van der Waals surface area contributed by atoms with Gasteiger partial charge >= 0.3 is 0 Å². The number of nitrogens with zero attached hydrogens (tertiary/aromatic N) is 5. The molecule has 0 unspecified atom stereocenters. The average Bonchev–Trinajstić information content (AvgIpc) is 1.67. The second-order valence-corrected chi connectivity index (χ2v) is 34.1. The van der Waals surface area contributed by atoms with Crippen molar-refractivity contribution in [2.75, 3.05) is 26.4 Å². The van der Waals surface area contributed by atoms with Crippen LogP contribution in [0, 0.1) is 0 Å². The summed E-state index contributed by atoms with van der Waals surface area (Å²) in [5.41, 5.74) is 8.51. The van der Waals surface area contributed by atoms with E-state index in [1.807, 2.05) is 4.80 Å². The van der Waals surface area contributed by atoms with Crippen molar-refractivity contribution in [1.29, 1.82) is 0 Å². The Kier molecular flexibility index (Phi) is 44.1. The third-order valence-electron chi connectivity index (χ3n) is 20.3. The van der Waals surface area contributed by atoms with Gasteiger partial charge in [-0.05, 0) is 125 Å². The maximum atomic E-state index is 6.96. The van der Waals surface area contributed by atoms with Crippen LogP contribution in [0.3, 0.4) is 0 Å². The number of halogens is 2. The van der Waals surface area contributed by atoms with E-state index in [0.29, 0.717) is 26.4 Å². The zero-order valence-electron chi connectivity index (χ0n) is 64.1. The third kappa shape index (κ3) is 31.5. The molecule has 9 nitrogen and oxygen atoms in total. The number of hydrogen-bond acceptors (Lipinski definition) is 10. The number of aromatic nitrogens is 5. The SMILES string of the molecule is CCCCCCCCCCCCOc1ccc(-c2nc3c(-c4ccc(Br)s4)c4nn(CCCCCCCCCCCC)nc4c(-c4ccc(Br)s4)c3nc2-c2ccc(OCCCCCCCCCCCC)c(OCCCCCCCCCCCC)c2)cc1OCCCCCCCCCCCC. The summed E-state index contributed by atoms with van der Waals surface area (Å²) in [5, 5.41) is 11.0. The first-order valence-electron chi connectivity index (χ1n) is 41.8. The van der Waals surface area contributed by atoms with Gasteiger partial charge in [-0.25, -0.2) is 9.97 Å². The maximum absolute atomic E-state index is 6.96. The van der Waals surface area contributed by atoms with Crippen LogP contribution in [0.2, 0.25) is 0 Å². The molecule has 562 valence electrons. The number of rotatable bonds is 63. The molecule has 0 atom stereocenters. The van der Waals surface area contributed by atoms with E-state index < -0.39 is 0 Å². The van der Waals surface area contributed by atoms with Crippen molar-refractivity contribution in [2.24, 2.45) is 0 Å². The first-order chi connectivity index (χ1) is 49.9. The van der Waals surface area contributed by atoms with Crippen molar-refractivity contribution in [3.05, 3.63) is 68.2 Å². The van der Waals surface area contributed by atoms with E-state index in [4.69, 9.17) is 39.1 Å². The average molecular weight is 1550 g/mol. The molecule has 0 aliphatic carbocycles. The Hall–Kier alpha value is -4.04. The van der Waals surface area contributed by atoms with Crippen LogP contribution < -0.4 is 18.9 Å². The summed E-state index contributed by atoms with van der Waals surface area (Å²) in [6, 6.07) is 21.7. The van der Waals surface area contributed by atoms with Gasteiger partial charge in [0.2, 0.25) is 0 Å². The van der Waals surface area contributed by atoms with Crippen molar-refractivity contribution in [3.8, 4) is 66.4 Å². The topological polar surface area (TPSA) is 93.4 Å². The van der Waals surface area contributed by atoms with Crippen LogP contribution in [-0.2, 0) is 6.54 Å². The summed E-state index contributed by atoms with van der Waals surface area (Å²) in [6.07, 6.45) is 63.7. The zero-order chi connectivity index (χ0) is 71.0. The highest BCUT2D eigenvalue weighted by molar-refractivity contribution is 9.11. The molecule has 101 heavy (non-hydrogen) atoms. The first-order valence-corrected chi connectivity index (χ1v) is 45.0. The van der Waals surface area contributed by atoms with Crippen molar-refractivity contribution in [3.63, 3.8) is 0 Å². The number of hydrogen-bond donors (Lipinski definition) is 0. The molecule has 0 amide bonds. The number of aryl methyl sites for hydroxylation is 1. The largest absolute Gasteiger partial charge is 0.490 e. The van der Waals surface area contributed by atoms with Gasteiger partial charge in [0, 0.05) is 32.0 Å². The fourth-order valence-electron chi connectivity index (χ4n) is 14.2. The molecule has 0 radical (unpaired) electrons. The van der Waals surface area contributed by atoms with Crippen LogP contribution in [0.1, 0.15) is 356 Å². The molecule has 4 aromatic heterocycles. The lowest BCUT2D eigenvalue weighted by molar-refractivity contribution is 0.258. The van der Waals surface area contributed by atoms with E-state index in [2.05, 4.69) is 127 Å². The highest BCUT2D eigenvalue weighted by Crippen LogP contribution is 2.48. The second-order valence-electron chi connectivity index (χ2n) is 29.2. The standard InChI is InChI=1S/C88H135Br2N5O4S2/c1-6-11-16-21-26-31-36-41-46-51-64-95-93-87-81(77-60-62-79(89)100-77)85-86(82(88(87)94-95)78-61-63-80(90)101-78)92-84(72-57-59-74(97-66-53-48-43-38-33-28-23-18-13-8-3)76(70-72)99-68-55-50-45-40-35-30-25-20-15-10-5)83(91-85)71-56-58-73(96-65-52-47-42-37-32-27-22-17-12-7-2)75(69-71)98-67-54-49-44-39-34-29-24-19-14-9-4/h56-63,69-70H,6-55,64-68H2,1-5H3. The van der Waals surface area contributed by atoms with Crippen LogP contribution in [0.25, 0.3) is 65.5 Å². The minimum atomic E-state index is 0.620. The van der Waals surface area contributed by atoms with Crippen LogP contribution in [0.4, 0.5) is 0 Å². The van der Waals surface area contributed by atoms with E-state index in [-0.39, 0.29) is 0 Å². The van der Waals surface area contributed by atoms with Crippen LogP contribution in [0.5, 0.6) is 23.0 Å². The first kappa shape index (κ1) is 84.2. The Balaban J connectivity index is 1.30. The van der Waals surface area contributed by atoms with Gasteiger partial charge in [0.05, 0.1) is 51.9 Å². The van der Waals surface area contributed by atoms with E-state index in [9.17, 15) is 0 Å². The molecule has 0 spiro atoms. The minimum absolute atomic E-state index is 0.620. The number of unbranched alkanes of at least 4 members (excludes halogenated alkanes) is 45. The molecule has 0 fully saturated rings. The lowest BCUT2D eigenvalue weighted by atomic mass is 9.98. The third-order valence-corrected chi connectivity index (χ3v) is 23.6. The summed E-state index contributed by atoms with van der Waals surface area (Å²) in [7, 11) is 0. The molecule has 4 heterocycles. The quantitative estimate of drug-likeness (QED) is 0.0348. The summed E-state index contributed by atoms with van der Waals surface area (Å²) >= 11 is 11.2. The van der Waals surface area contributed by atoms with E-state index >= 15 is 0 Å². The molecule has 3 aromatic carbocycles. The van der Waals surface area contributed by atoms with Gasteiger partial charge in [0.15, 0.2) is 23.0 Å². The molecule has 0 saturated carbocycles. The van der Waals surface area contributed by atoms with Crippen LogP contribution in [0.15, 0.2) is 68.2 Å². The smallest absolute Gasteiger partial charge is 0.161 e. The Labute approximate surface area is 639 Å². The molecular formula is C88H135Br2N5O4S2. The van der Waals surface area contributed by atoms with E-state index in [0.717, 1.165) is 154 Å². The number of benzene rings is 3. The Bertz CT molecular complexity index is 3090. The minimum Gasteiger partial charge on any atom is -0.490 e. The summed E-state index contributed by atoms with van der Waals surface area (Å²) in [4.78, 5) is 16.1. The predicted octanol–water partition coefficient (Wildman–Crippen LogP) is 30.8. The molecule has 0 aliphatic rings. The molecule has 0 N–H and O–H groups in total. The van der Waals surface area contributed by atoms with Crippen LogP contribution in [-0.4, -0.2) is 51.4 Å². The van der Waals surface area contributed by atoms with E-state index in [1.54, 1.807) is 22.7 Å². The lowest BCUT2D eigenvalue weighted by Gasteiger charge is -2.19. The summed E-state index contributed by atoms with van der Waals surface area (Å²) in [6.45, 7) is 14.8. The monoisotopic (exact) mass is 1550 g/mol. The number of fused-ring (bicyclic) bond motifs is 2. The second kappa shape index (κ2) is 52.8. The highest BCUT2D eigenvalue weighted by atomic mass is 79.9. The molecule has 0 bridgehead atoms. The van der Waals surface area contributed by atoms with Gasteiger partial charge in [0.25, 0.3) is 0 Å². The molecule has 7 rings (SSSR count). The van der Waals surface area contributed by atoms with Gasteiger partial charge in [-0.3, -0.25) is 0 Å². The fraction of sp³-hybridized carbons (Fsp3) is 0.682. The Morgan fingerprint density at radius 2 is 0.545 bits per heavy atom. The fourth-order valence-corrected chi connectivity index (χ4v) is 17.0. The Morgan fingerprint density at radius 3 is 0.812 bits per heavy atom. The molecule has 0 saturated heterocycles. The van der Waals surface area contributed by atoms with Gasteiger partial charge in [-0.2, -0.15) is 15.0 Å². The normalized spacial score (nSPS) is 11.7. The molecule has 0 aliphatic heterocycles. The summed E-state index contributed by atoms with van der Waals surface area (Å²) in [5.74, 6) is 3.08. The molecule has 13 heteroatoms. The number of ether oxygens (including phenoxy) is 4. The van der Waals surface area contributed by atoms with Crippen molar-refractivity contribution in [2.45, 2.75) is 362 Å². The highest BCUT2D eigenvalue weighted by Gasteiger charge is 2.28. The van der Waals surface area contributed by atoms with Gasteiger partial charge in [0.1, 0.15) is 22.1 Å². The van der Waals surface area contributed by atoms with Gasteiger partial charge < -0.3 is 18.9 Å². The molecular weight excluding hydrogens is 1410 g/mol. The van der Waals surface area contributed by atoms with Crippen LogP contribution >= 0.6 is 54.5 Å². The predicted molar refractivity (Wildman–Crippen MR) is 445 cm³/mol. The maximum Gasteiger partial charge on any atom is 0.161 e. The lowest BCUT2D eigenvalue weighted by Crippen LogP contribution is -2.05. The summed E-state index contributed by atoms with van der Waals surface area (Å²) < 4.78 is 29.6. The molecule has 7 aromatic rings. The van der Waals surface area contributed by atoms with Gasteiger partial charge in [-0.1, -0.05) is 324 Å². The zero-order valence-corrected chi connectivity index (χ0v) is 68.9. The van der Waals surface area contributed by atoms with E-state index in [1.165, 1.54) is 270 Å². The Morgan fingerprint density at radius 1 is 0.287 bits per heavy atom. The van der Waals surface area contributed by atoms with Gasteiger partial charge in [-0.15, -0.1) is 22.7 Å². The van der Waals surface area contributed by atoms with Crippen molar-refractivity contribution >= 4 is 76.6 Å². The van der Waals surface area contributed by atoms with Crippen molar-refractivity contribution < 1.29 is 18.9 Å². The van der Waals surface area contributed by atoms with Crippen molar-refractivity contribution in [1.82, 2.24) is 25.0 Å². The number of thiophene rings is 2.